The first kappa shape index (κ1) is 23.8. The highest BCUT2D eigenvalue weighted by Crippen LogP contribution is 2.28. The molecule has 1 heterocycles. The normalized spacial score (nSPS) is 12.1. The van der Waals surface area contributed by atoms with Gasteiger partial charge in [-0.15, -0.1) is 13.2 Å². The van der Waals surface area contributed by atoms with E-state index in [4.69, 9.17) is 5.14 Å². The van der Waals surface area contributed by atoms with Crippen molar-refractivity contribution in [3.8, 4) is 0 Å². The molecule has 1 amide bonds. The summed E-state index contributed by atoms with van der Waals surface area (Å²) in [6.07, 6.45) is 2.96. The Morgan fingerprint density at radius 1 is 1.03 bits per heavy atom. The van der Waals surface area contributed by atoms with Gasteiger partial charge in [0.05, 0.1) is 20.0 Å². The molecule has 0 spiro atoms. The summed E-state index contributed by atoms with van der Waals surface area (Å²) in [5.74, 6) is -0.492. The fraction of sp³-hybridized carbons (Fsp3) is 0.100. The SMILES string of the molecule is C=CCN(CC=C)S(=O)(=O)c1ccc(C(=O)Nc2nc3ccc(S(N)(=O)=O)cc3s2)cc1. The summed E-state index contributed by atoms with van der Waals surface area (Å²) in [5.41, 5.74) is 0.732. The van der Waals surface area contributed by atoms with E-state index in [1.165, 1.54) is 58.9 Å². The molecule has 3 aromatic rings. The van der Waals surface area contributed by atoms with Crippen LogP contribution in [0.5, 0.6) is 0 Å². The minimum absolute atomic E-state index is 0.0354. The minimum Gasteiger partial charge on any atom is -0.298 e. The van der Waals surface area contributed by atoms with E-state index in [0.717, 1.165) is 11.3 Å². The van der Waals surface area contributed by atoms with Gasteiger partial charge in [-0.3, -0.25) is 10.1 Å². The van der Waals surface area contributed by atoms with Crippen LogP contribution >= 0.6 is 11.3 Å². The Labute approximate surface area is 190 Å². The van der Waals surface area contributed by atoms with Gasteiger partial charge in [0.1, 0.15) is 0 Å². The number of nitrogens with one attached hydrogen (secondary N) is 1. The van der Waals surface area contributed by atoms with Crippen LogP contribution in [0.4, 0.5) is 5.13 Å². The number of thiazole rings is 1. The molecule has 0 aliphatic rings. The monoisotopic (exact) mass is 492 g/mol. The first-order chi connectivity index (χ1) is 15.1. The first-order valence-electron chi connectivity index (χ1n) is 9.13. The Morgan fingerprint density at radius 2 is 1.62 bits per heavy atom. The molecule has 32 heavy (non-hydrogen) atoms. The quantitative estimate of drug-likeness (QED) is 0.440. The highest BCUT2D eigenvalue weighted by molar-refractivity contribution is 7.89. The lowest BCUT2D eigenvalue weighted by Gasteiger charge is -2.19. The molecule has 3 rings (SSSR count). The summed E-state index contributed by atoms with van der Waals surface area (Å²) in [5, 5.41) is 8.03. The van der Waals surface area contributed by atoms with Gasteiger partial charge in [0.2, 0.25) is 20.0 Å². The van der Waals surface area contributed by atoms with Gasteiger partial charge in [-0.1, -0.05) is 23.5 Å². The van der Waals surface area contributed by atoms with Gasteiger partial charge < -0.3 is 0 Å². The van der Waals surface area contributed by atoms with Crippen molar-refractivity contribution in [1.29, 1.82) is 0 Å². The summed E-state index contributed by atoms with van der Waals surface area (Å²) in [7, 11) is -7.62. The molecule has 0 atom stereocenters. The molecule has 0 saturated carbocycles. The Morgan fingerprint density at radius 3 is 2.19 bits per heavy atom. The van der Waals surface area contributed by atoms with Gasteiger partial charge in [0.25, 0.3) is 5.91 Å². The van der Waals surface area contributed by atoms with Gasteiger partial charge >= 0.3 is 0 Å². The number of fused-ring (bicyclic) bond motifs is 1. The number of anilines is 1. The van der Waals surface area contributed by atoms with Crippen molar-refractivity contribution in [2.75, 3.05) is 18.4 Å². The van der Waals surface area contributed by atoms with Crippen LogP contribution in [-0.4, -0.2) is 45.1 Å². The molecule has 0 saturated heterocycles. The maximum atomic E-state index is 12.8. The molecule has 0 fully saturated rings. The maximum absolute atomic E-state index is 12.8. The van der Waals surface area contributed by atoms with E-state index in [1.54, 1.807) is 0 Å². The molecule has 12 heteroatoms. The molecular weight excluding hydrogens is 472 g/mol. The largest absolute Gasteiger partial charge is 0.298 e. The second-order valence-electron chi connectivity index (χ2n) is 6.57. The van der Waals surface area contributed by atoms with Crippen LogP contribution in [-0.2, 0) is 20.0 Å². The molecule has 0 radical (unpaired) electrons. The van der Waals surface area contributed by atoms with E-state index in [0.29, 0.717) is 10.2 Å². The van der Waals surface area contributed by atoms with Crippen molar-refractivity contribution in [3.05, 3.63) is 73.3 Å². The van der Waals surface area contributed by atoms with Crippen LogP contribution in [0.3, 0.4) is 0 Å². The Balaban J connectivity index is 1.80. The van der Waals surface area contributed by atoms with Crippen molar-refractivity contribution in [1.82, 2.24) is 9.29 Å². The summed E-state index contributed by atoms with van der Waals surface area (Å²) in [4.78, 5) is 16.8. The van der Waals surface area contributed by atoms with Crippen molar-refractivity contribution in [3.63, 3.8) is 0 Å². The zero-order valence-electron chi connectivity index (χ0n) is 16.8. The average Bonchev–Trinajstić information content (AvgIpc) is 3.14. The second-order valence-corrected chi connectivity index (χ2v) is 11.1. The van der Waals surface area contributed by atoms with E-state index in [1.807, 2.05) is 0 Å². The van der Waals surface area contributed by atoms with Crippen LogP contribution in [0.15, 0.2) is 77.6 Å². The number of sulfonamides is 2. The predicted octanol–water partition coefficient (Wildman–Crippen LogP) is 2.56. The van der Waals surface area contributed by atoms with Crippen LogP contribution in [0.2, 0.25) is 0 Å². The third kappa shape index (κ3) is 5.11. The Hall–Kier alpha value is -2.90. The van der Waals surface area contributed by atoms with Crippen LogP contribution in [0, 0.1) is 0 Å². The van der Waals surface area contributed by atoms with Crippen LogP contribution < -0.4 is 10.5 Å². The summed E-state index contributed by atoms with van der Waals surface area (Å²) >= 11 is 1.09. The number of carbonyl (C=O) groups is 1. The molecule has 2 aromatic carbocycles. The third-order valence-corrected chi connectivity index (χ3v) is 8.02. The summed E-state index contributed by atoms with van der Waals surface area (Å²) in [6, 6.07) is 9.71. The highest BCUT2D eigenvalue weighted by Gasteiger charge is 2.23. The number of rotatable bonds is 9. The maximum Gasteiger partial charge on any atom is 0.257 e. The van der Waals surface area contributed by atoms with E-state index >= 15 is 0 Å². The second kappa shape index (κ2) is 9.30. The highest BCUT2D eigenvalue weighted by atomic mass is 32.2. The predicted molar refractivity (Wildman–Crippen MR) is 125 cm³/mol. The summed E-state index contributed by atoms with van der Waals surface area (Å²) in [6.45, 7) is 7.38. The Bertz CT molecular complexity index is 1380. The Kier molecular flexibility index (Phi) is 6.91. The number of aromatic nitrogens is 1. The lowest BCUT2D eigenvalue weighted by molar-refractivity contribution is 0.102. The molecule has 0 aliphatic heterocycles. The molecule has 0 unspecified atom stereocenters. The average molecular weight is 493 g/mol. The van der Waals surface area contributed by atoms with Crippen LogP contribution in [0.25, 0.3) is 10.2 Å². The molecule has 0 bridgehead atoms. The topological polar surface area (TPSA) is 140 Å². The van der Waals surface area contributed by atoms with E-state index < -0.39 is 26.0 Å². The number of nitrogens with zero attached hydrogens (tertiary/aromatic N) is 2. The van der Waals surface area contributed by atoms with Gasteiger partial charge in [-0.2, -0.15) is 4.31 Å². The molecule has 0 aliphatic carbocycles. The van der Waals surface area contributed by atoms with Crippen LogP contribution in [0.1, 0.15) is 10.4 Å². The molecule has 168 valence electrons. The van der Waals surface area contributed by atoms with Gasteiger partial charge in [0, 0.05) is 18.7 Å². The number of primary sulfonamides is 1. The standard InChI is InChI=1S/C20H20N4O5S3/c1-3-11-24(12-4-2)32(28,29)15-7-5-14(6-8-15)19(25)23-20-22-17-10-9-16(31(21,26)27)13-18(17)30-20/h3-10,13H,1-2,11-12H2,(H2,21,26,27)(H,22,23,25). The van der Waals surface area contributed by atoms with Crippen molar-refractivity contribution >= 4 is 52.6 Å². The fourth-order valence-electron chi connectivity index (χ4n) is 2.79. The number of carbonyl (C=O) groups excluding carboxylic acids is 1. The lowest BCUT2D eigenvalue weighted by Crippen LogP contribution is -2.31. The zero-order valence-corrected chi connectivity index (χ0v) is 19.2. The smallest absolute Gasteiger partial charge is 0.257 e. The van der Waals surface area contributed by atoms with E-state index in [-0.39, 0.29) is 33.6 Å². The number of benzene rings is 2. The van der Waals surface area contributed by atoms with Crippen molar-refractivity contribution < 1.29 is 21.6 Å². The molecule has 3 N–H and O–H groups in total. The third-order valence-electron chi connectivity index (χ3n) is 4.33. The summed E-state index contributed by atoms with van der Waals surface area (Å²) < 4.78 is 50.2. The van der Waals surface area contributed by atoms with E-state index in [2.05, 4.69) is 23.5 Å². The minimum atomic E-state index is -3.85. The van der Waals surface area contributed by atoms with Gasteiger partial charge in [0.15, 0.2) is 5.13 Å². The zero-order chi connectivity index (χ0) is 23.5. The first-order valence-corrected chi connectivity index (χ1v) is 12.9. The number of hydrogen-bond acceptors (Lipinski definition) is 7. The number of nitrogens with two attached hydrogens (primary N) is 1. The van der Waals surface area contributed by atoms with Crippen molar-refractivity contribution in [2.45, 2.75) is 9.79 Å². The van der Waals surface area contributed by atoms with Crippen molar-refractivity contribution in [2.24, 2.45) is 5.14 Å². The molecule has 9 nitrogen and oxygen atoms in total. The fourth-order valence-corrected chi connectivity index (χ4v) is 5.69. The number of amides is 1. The van der Waals surface area contributed by atoms with Gasteiger partial charge in [-0.05, 0) is 42.5 Å². The number of hydrogen-bond donors (Lipinski definition) is 2. The molecular formula is C20H20N4O5S3. The van der Waals surface area contributed by atoms with E-state index in [9.17, 15) is 21.6 Å². The van der Waals surface area contributed by atoms with Gasteiger partial charge in [-0.25, -0.2) is 27.0 Å². The molecule has 1 aromatic heterocycles. The lowest BCUT2D eigenvalue weighted by atomic mass is 10.2.